The molecule has 0 aromatic carbocycles. The number of H-pyrrole nitrogens is 1. The number of thioether (sulfide) groups is 2. The number of methoxy groups -OCH3 is 1. The molecule has 0 aliphatic carbocycles. The summed E-state index contributed by atoms with van der Waals surface area (Å²) in [6.07, 6.45) is -0.00678. The van der Waals surface area contributed by atoms with E-state index >= 15 is 0 Å². The number of amides is 2. The van der Waals surface area contributed by atoms with Crippen LogP contribution in [-0.2, 0) is 35.7 Å². The Balaban J connectivity index is 0.00000241. The van der Waals surface area contributed by atoms with Crippen molar-refractivity contribution in [3.8, 4) is 0 Å². The summed E-state index contributed by atoms with van der Waals surface area (Å²) in [7, 11) is -3.61. The molecule has 2 N–H and O–H groups in total. The zero-order chi connectivity index (χ0) is 25.4. The first kappa shape index (κ1) is 32.7. The van der Waals surface area contributed by atoms with Crippen LogP contribution in [-0.4, -0.2) is 91.2 Å². The van der Waals surface area contributed by atoms with Gasteiger partial charge in [0, 0.05) is 23.0 Å². The van der Waals surface area contributed by atoms with Crippen molar-refractivity contribution >= 4 is 62.8 Å². The van der Waals surface area contributed by atoms with Crippen molar-refractivity contribution in [2.24, 2.45) is 0 Å². The molecule has 14 nitrogen and oxygen atoms in total. The standard InChI is InChI=1S/C17H18N6O8S4.2Na/c1-31-17(18-11(24)5-8-3-2-4-32-8)14(27)23-12(13(25)26)9(6-33-15(17)23)10(7-35(28,29)30)34-16-19-21-22-20-16;;/h2-4,10,15H,5-7H2,1H3,(H,18,24)(H,25,26)(H,28,29,30)(H,19,20,21,22);;/q;2*+1/p-2/t10?,15-,17-;;/m0../s1. The van der Waals surface area contributed by atoms with E-state index in [1.807, 2.05) is 0 Å². The number of ether oxygens (including phenoxy) is 1. The Morgan fingerprint density at radius 1 is 1.43 bits per heavy atom. The van der Waals surface area contributed by atoms with Crippen molar-refractivity contribution in [1.82, 2.24) is 30.8 Å². The molecule has 0 bridgehead atoms. The van der Waals surface area contributed by atoms with E-state index in [9.17, 15) is 32.5 Å². The molecule has 0 saturated carbocycles. The second kappa shape index (κ2) is 13.2. The molecule has 188 valence electrons. The van der Waals surface area contributed by atoms with Gasteiger partial charge in [-0.25, -0.2) is 13.5 Å². The number of rotatable bonds is 10. The molecule has 1 fully saturated rings. The van der Waals surface area contributed by atoms with Crippen LogP contribution in [0.3, 0.4) is 0 Å². The van der Waals surface area contributed by atoms with Crippen LogP contribution in [0.5, 0.6) is 0 Å². The average molecular weight is 607 g/mol. The largest absolute Gasteiger partial charge is 1.00 e. The monoisotopic (exact) mass is 606 g/mol. The summed E-state index contributed by atoms with van der Waals surface area (Å²) >= 11 is 3.13. The summed E-state index contributed by atoms with van der Waals surface area (Å²) in [5.74, 6) is -4.21. The molecule has 37 heavy (non-hydrogen) atoms. The predicted octanol–water partition coefficient (Wildman–Crippen LogP) is -8.10. The van der Waals surface area contributed by atoms with Gasteiger partial charge in [-0.1, -0.05) is 17.8 Å². The first-order valence-electron chi connectivity index (χ1n) is 9.68. The third-order valence-corrected chi connectivity index (χ3v) is 9.44. The summed E-state index contributed by atoms with van der Waals surface area (Å²) in [5, 5.41) is 27.1. The summed E-state index contributed by atoms with van der Waals surface area (Å²) in [5.41, 5.74) is -2.45. The first-order chi connectivity index (χ1) is 16.6. The Bertz CT molecular complexity index is 1280. The normalized spacial score (nSPS) is 21.7. The Hall–Kier alpha value is -0.510. The summed E-state index contributed by atoms with van der Waals surface area (Å²) in [4.78, 5) is 39.5. The smallest absolute Gasteiger partial charge is 0.748 e. The zero-order valence-electron chi connectivity index (χ0n) is 19.7. The number of carbonyl (C=O) groups is 3. The molecule has 0 spiro atoms. The number of fused-ring (bicyclic) bond motifs is 1. The summed E-state index contributed by atoms with van der Waals surface area (Å²) in [6, 6.07) is 3.53. The van der Waals surface area contributed by atoms with E-state index in [0.29, 0.717) is 0 Å². The third kappa shape index (κ3) is 6.98. The zero-order valence-corrected chi connectivity index (χ0v) is 27.0. The minimum Gasteiger partial charge on any atom is -0.748 e. The van der Waals surface area contributed by atoms with E-state index in [0.717, 1.165) is 33.3 Å². The molecule has 4 heterocycles. The maximum atomic E-state index is 13.2. The van der Waals surface area contributed by atoms with Gasteiger partial charge in [-0.2, -0.15) is 0 Å². The van der Waals surface area contributed by atoms with Crippen molar-refractivity contribution in [2.75, 3.05) is 18.6 Å². The fourth-order valence-electron chi connectivity index (χ4n) is 3.69. The number of thiophene rings is 1. The van der Waals surface area contributed by atoms with Gasteiger partial charge in [-0.05, 0) is 27.4 Å². The van der Waals surface area contributed by atoms with Gasteiger partial charge in [-0.3, -0.25) is 14.5 Å². The van der Waals surface area contributed by atoms with Crippen LogP contribution in [0.4, 0.5) is 0 Å². The molecule has 2 amide bonds. The second-order valence-electron chi connectivity index (χ2n) is 7.28. The minimum absolute atomic E-state index is 0. The molecular formula is C17H16N6Na2O8S4. The maximum absolute atomic E-state index is 13.2. The SMILES string of the molecule is CO[C@@]1(NC(=O)Cc2cccs2)C(=O)N2C(C(=O)[O-])=C(C(CS(=O)(=O)[O-])Sc3nnn[nH]3)CS[C@H]21.[Na+].[Na+]. The molecule has 1 saturated heterocycles. The molecule has 2 aliphatic heterocycles. The number of aromatic amines is 1. The van der Waals surface area contributed by atoms with Gasteiger partial charge in [0.2, 0.25) is 11.1 Å². The average Bonchev–Trinajstić information content (AvgIpc) is 3.49. The Kier molecular flexibility index (Phi) is 11.7. The van der Waals surface area contributed by atoms with Gasteiger partial charge < -0.3 is 24.5 Å². The van der Waals surface area contributed by atoms with Crippen LogP contribution in [0.15, 0.2) is 33.9 Å². The topological polar surface area (TPSA) is 210 Å². The predicted molar refractivity (Wildman–Crippen MR) is 119 cm³/mol. The van der Waals surface area contributed by atoms with E-state index in [1.54, 1.807) is 17.5 Å². The molecule has 1 unspecified atom stereocenters. The van der Waals surface area contributed by atoms with Crippen molar-refractivity contribution < 1.29 is 96.3 Å². The number of hydrogen-bond acceptors (Lipinski definition) is 14. The minimum atomic E-state index is -4.81. The van der Waals surface area contributed by atoms with Crippen molar-refractivity contribution in [3.05, 3.63) is 33.7 Å². The van der Waals surface area contributed by atoms with Crippen molar-refractivity contribution in [2.45, 2.75) is 27.9 Å². The number of nitrogens with zero attached hydrogens (tertiary/aromatic N) is 4. The fourth-order valence-corrected chi connectivity index (χ4v) is 8.14. The van der Waals surface area contributed by atoms with E-state index in [2.05, 4.69) is 25.9 Å². The summed E-state index contributed by atoms with van der Waals surface area (Å²) < 4.78 is 40.0. The Labute approximate surface area is 267 Å². The van der Waals surface area contributed by atoms with E-state index in [1.165, 1.54) is 18.4 Å². The van der Waals surface area contributed by atoms with Crippen LogP contribution in [0.25, 0.3) is 0 Å². The van der Waals surface area contributed by atoms with Gasteiger partial charge in [0.25, 0.3) is 11.6 Å². The number of hydrogen-bond donors (Lipinski definition) is 2. The van der Waals surface area contributed by atoms with Gasteiger partial charge in [0.05, 0.1) is 34.0 Å². The Morgan fingerprint density at radius 3 is 2.70 bits per heavy atom. The number of carboxylic acids is 1. The molecule has 4 rings (SSSR count). The second-order valence-corrected chi connectivity index (χ2v) is 12.0. The maximum Gasteiger partial charge on any atom is 1.00 e. The number of aromatic nitrogens is 4. The van der Waals surface area contributed by atoms with Gasteiger partial charge in [0.1, 0.15) is 5.37 Å². The van der Waals surface area contributed by atoms with Gasteiger partial charge in [-0.15, -0.1) is 28.2 Å². The molecule has 20 heteroatoms. The van der Waals surface area contributed by atoms with Gasteiger partial charge in [0.15, 0.2) is 0 Å². The van der Waals surface area contributed by atoms with Crippen molar-refractivity contribution in [3.63, 3.8) is 0 Å². The third-order valence-electron chi connectivity index (χ3n) is 5.14. The van der Waals surface area contributed by atoms with Crippen molar-refractivity contribution in [1.29, 1.82) is 0 Å². The molecule has 0 radical (unpaired) electrons. The van der Waals surface area contributed by atoms with E-state index < -0.39 is 55.7 Å². The number of carbonyl (C=O) groups excluding carboxylic acids is 3. The van der Waals surface area contributed by atoms with Crippen LogP contribution < -0.4 is 69.5 Å². The number of nitrogens with one attached hydrogen (secondary N) is 2. The number of carboxylic acid groups (broad SMARTS) is 1. The molecule has 3 atom stereocenters. The van der Waals surface area contributed by atoms with Gasteiger partial charge >= 0.3 is 59.1 Å². The molecule has 2 aromatic heterocycles. The number of β-lactam (4-membered cyclic amide) rings is 1. The summed E-state index contributed by atoms with van der Waals surface area (Å²) in [6.45, 7) is 0. The van der Waals surface area contributed by atoms with Crippen LogP contribution >= 0.6 is 34.9 Å². The van der Waals surface area contributed by atoms with E-state index in [-0.39, 0.29) is 82.0 Å². The van der Waals surface area contributed by atoms with Crippen LogP contribution in [0.2, 0.25) is 0 Å². The molecule has 2 aliphatic rings. The van der Waals surface area contributed by atoms with Crippen LogP contribution in [0, 0.1) is 0 Å². The molecular weight excluding hydrogens is 590 g/mol. The Morgan fingerprint density at radius 2 is 2.16 bits per heavy atom. The van der Waals surface area contributed by atoms with Crippen LogP contribution in [0.1, 0.15) is 4.88 Å². The first-order valence-corrected chi connectivity index (χ1v) is 14.1. The number of aliphatic carboxylic acids is 1. The van der Waals surface area contributed by atoms with E-state index in [4.69, 9.17) is 4.74 Å². The fraction of sp³-hybridized carbons (Fsp3) is 0.412. The quantitative estimate of drug-likeness (QED) is 0.0847. The molecule has 2 aromatic rings. The number of tetrazole rings is 1.